The topological polar surface area (TPSA) is 103 Å². The lowest BCUT2D eigenvalue weighted by Crippen LogP contribution is -2.24. The SMILES string of the molecule is COc1cc(NC(=O)COC(=O)c2cccc(N3CCCC3=O)c2)cc(OC)c1OC. The summed E-state index contributed by atoms with van der Waals surface area (Å²) in [5.41, 5.74) is 1.29. The van der Waals surface area contributed by atoms with Crippen molar-refractivity contribution in [1.29, 1.82) is 0 Å². The first-order valence-corrected chi connectivity index (χ1v) is 9.64. The number of methoxy groups -OCH3 is 3. The molecule has 0 saturated carbocycles. The Balaban J connectivity index is 1.62. The summed E-state index contributed by atoms with van der Waals surface area (Å²) in [4.78, 5) is 38.2. The molecule has 164 valence electrons. The van der Waals surface area contributed by atoms with Crippen molar-refractivity contribution in [3.05, 3.63) is 42.0 Å². The molecular weight excluding hydrogens is 404 g/mol. The van der Waals surface area contributed by atoms with Crippen LogP contribution in [0.4, 0.5) is 11.4 Å². The number of carbonyl (C=O) groups excluding carboxylic acids is 3. The summed E-state index contributed by atoms with van der Waals surface area (Å²) >= 11 is 0. The zero-order valence-electron chi connectivity index (χ0n) is 17.6. The molecule has 3 rings (SSSR count). The fourth-order valence-corrected chi connectivity index (χ4v) is 3.29. The van der Waals surface area contributed by atoms with Crippen molar-refractivity contribution in [2.24, 2.45) is 0 Å². The summed E-state index contributed by atoms with van der Waals surface area (Å²) in [6.45, 7) is 0.136. The van der Waals surface area contributed by atoms with E-state index in [4.69, 9.17) is 18.9 Å². The molecule has 0 atom stereocenters. The number of nitrogens with zero attached hydrogens (tertiary/aromatic N) is 1. The van der Waals surface area contributed by atoms with Crippen LogP contribution in [0.3, 0.4) is 0 Å². The minimum Gasteiger partial charge on any atom is -0.493 e. The predicted octanol–water partition coefficient (Wildman–Crippen LogP) is 2.63. The molecule has 1 fully saturated rings. The fraction of sp³-hybridized carbons (Fsp3) is 0.318. The van der Waals surface area contributed by atoms with Crippen molar-refractivity contribution in [2.75, 3.05) is 44.7 Å². The number of hydrogen-bond acceptors (Lipinski definition) is 7. The highest BCUT2D eigenvalue weighted by Gasteiger charge is 2.22. The van der Waals surface area contributed by atoms with E-state index in [1.165, 1.54) is 21.3 Å². The van der Waals surface area contributed by atoms with Crippen molar-refractivity contribution < 1.29 is 33.3 Å². The van der Waals surface area contributed by atoms with E-state index >= 15 is 0 Å². The molecule has 1 aliphatic heterocycles. The Kier molecular flexibility index (Phi) is 6.96. The van der Waals surface area contributed by atoms with Gasteiger partial charge in [-0.15, -0.1) is 0 Å². The van der Waals surface area contributed by atoms with Crippen LogP contribution in [0.5, 0.6) is 17.2 Å². The van der Waals surface area contributed by atoms with Gasteiger partial charge in [-0.2, -0.15) is 0 Å². The van der Waals surface area contributed by atoms with Gasteiger partial charge in [0.15, 0.2) is 18.1 Å². The van der Waals surface area contributed by atoms with Crippen molar-refractivity contribution in [2.45, 2.75) is 12.8 Å². The van der Waals surface area contributed by atoms with Gasteiger partial charge in [0.05, 0.1) is 26.9 Å². The standard InChI is InChI=1S/C22H24N2O7/c1-28-17-11-15(12-18(29-2)21(17)30-3)23-19(25)13-31-22(27)14-6-4-7-16(10-14)24-9-5-8-20(24)26/h4,6-7,10-12H,5,8-9,13H2,1-3H3,(H,23,25). The summed E-state index contributed by atoms with van der Waals surface area (Å²) in [7, 11) is 4.41. The molecule has 9 heteroatoms. The largest absolute Gasteiger partial charge is 0.493 e. The Bertz CT molecular complexity index is 965. The molecule has 0 aromatic heterocycles. The Hall–Kier alpha value is -3.75. The van der Waals surface area contributed by atoms with E-state index in [1.807, 2.05) is 0 Å². The summed E-state index contributed by atoms with van der Waals surface area (Å²) in [6.07, 6.45) is 1.28. The molecule has 2 aromatic rings. The number of carbonyl (C=O) groups is 3. The molecule has 1 N–H and O–H groups in total. The van der Waals surface area contributed by atoms with Gasteiger partial charge in [0, 0.05) is 36.5 Å². The summed E-state index contributed by atoms with van der Waals surface area (Å²) < 4.78 is 20.9. The van der Waals surface area contributed by atoms with E-state index in [0.717, 1.165) is 6.42 Å². The molecule has 2 aromatic carbocycles. The number of nitrogens with one attached hydrogen (secondary N) is 1. The number of rotatable bonds is 8. The Morgan fingerprint density at radius 2 is 1.74 bits per heavy atom. The summed E-state index contributed by atoms with van der Waals surface area (Å²) in [5, 5.41) is 2.63. The van der Waals surface area contributed by atoms with Crippen LogP contribution < -0.4 is 24.4 Å². The maximum absolute atomic E-state index is 12.4. The lowest BCUT2D eigenvalue weighted by atomic mass is 10.2. The van der Waals surface area contributed by atoms with E-state index in [-0.39, 0.29) is 11.5 Å². The van der Waals surface area contributed by atoms with Gasteiger partial charge in [0.25, 0.3) is 5.91 Å². The smallest absolute Gasteiger partial charge is 0.338 e. The number of esters is 1. The minimum atomic E-state index is -0.659. The molecule has 0 spiro atoms. The lowest BCUT2D eigenvalue weighted by molar-refractivity contribution is -0.119. The highest BCUT2D eigenvalue weighted by Crippen LogP contribution is 2.39. The third kappa shape index (κ3) is 5.06. The molecule has 2 amide bonds. The number of benzene rings is 2. The Labute approximate surface area is 179 Å². The Morgan fingerprint density at radius 3 is 2.32 bits per heavy atom. The van der Waals surface area contributed by atoms with Gasteiger partial charge in [-0.1, -0.05) is 6.07 Å². The number of hydrogen-bond donors (Lipinski definition) is 1. The first-order chi connectivity index (χ1) is 15.0. The highest BCUT2D eigenvalue weighted by atomic mass is 16.5. The normalized spacial score (nSPS) is 13.0. The van der Waals surface area contributed by atoms with E-state index in [9.17, 15) is 14.4 Å². The molecule has 0 radical (unpaired) electrons. The molecule has 1 saturated heterocycles. The van der Waals surface area contributed by atoms with E-state index in [1.54, 1.807) is 41.3 Å². The zero-order valence-corrected chi connectivity index (χ0v) is 17.6. The molecule has 0 aliphatic carbocycles. The van der Waals surface area contributed by atoms with Gasteiger partial charge in [-0.3, -0.25) is 9.59 Å². The van der Waals surface area contributed by atoms with Crippen LogP contribution in [0.25, 0.3) is 0 Å². The monoisotopic (exact) mass is 428 g/mol. The van der Waals surface area contributed by atoms with Crippen LogP contribution in [0.2, 0.25) is 0 Å². The Morgan fingerprint density at radius 1 is 1.03 bits per heavy atom. The van der Waals surface area contributed by atoms with Gasteiger partial charge >= 0.3 is 5.97 Å². The van der Waals surface area contributed by atoms with Crippen molar-refractivity contribution >= 4 is 29.2 Å². The highest BCUT2D eigenvalue weighted by molar-refractivity contribution is 5.98. The molecule has 1 aliphatic rings. The lowest BCUT2D eigenvalue weighted by Gasteiger charge is -2.16. The second kappa shape index (κ2) is 9.84. The van der Waals surface area contributed by atoms with Crippen LogP contribution in [0.15, 0.2) is 36.4 Å². The molecule has 9 nitrogen and oxygen atoms in total. The number of amides is 2. The van der Waals surface area contributed by atoms with E-state index in [0.29, 0.717) is 41.6 Å². The fourth-order valence-electron chi connectivity index (χ4n) is 3.29. The van der Waals surface area contributed by atoms with Crippen LogP contribution >= 0.6 is 0 Å². The van der Waals surface area contributed by atoms with Crippen LogP contribution in [0.1, 0.15) is 23.2 Å². The minimum absolute atomic E-state index is 0.0234. The van der Waals surface area contributed by atoms with Crippen LogP contribution in [-0.4, -0.2) is 52.3 Å². The third-order valence-corrected chi connectivity index (χ3v) is 4.75. The van der Waals surface area contributed by atoms with Gasteiger partial charge in [0.1, 0.15) is 0 Å². The molecule has 1 heterocycles. The zero-order chi connectivity index (χ0) is 22.4. The molecule has 0 unspecified atom stereocenters. The van der Waals surface area contributed by atoms with Crippen molar-refractivity contribution in [3.8, 4) is 17.2 Å². The van der Waals surface area contributed by atoms with Gasteiger partial charge in [-0.25, -0.2) is 4.79 Å². The maximum Gasteiger partial charge on any atom is 0.338 e. The van der Waals surface area contributed by atoms with Gasteiger partial charge in [-0.05, 0) is 24.6 Å². The summed E-state index contributed by atoms with van der Waals surface area (Å²) in [6, 6.07) is 9.73. The average molecular weight is 428 g/mol. The van der Waals surface area contributed by atoms with Gasteiger partial charge < -0.3 is 29.2 Å². The predicted molar refractivity (Wildman–Crippen MR) is 113 cm³/mol. The second-order valence-corrected chi connectivity index (χ2v) is 6.74. The van der Waals surface area contributed by atoms with Crippen LogP contribution in [0, 0.1) is 0 Å². The van der Waals surface area contributed by atoms with Crippen LogP contribution in [-0.2, 0) is 14.3 Å². The molecular formula is C22H24N2O7. The summed E-state index contributed by atoms with van der Waals surface area (Å²) in [5.74, 6) is -0.0205. The number of ether oxygens (including phenoxy) is 4. The molecule has 31 heavy (non-hydrogen) atoms. The first kappa shape index (κ1) is 21.9. The van der Waals surface area contributed by atoms with Crippen molar-refractivity contribution in [1.82, 2.24) is 0 Å². The second-order valence-electron chi connectivity index (χ2n) is 6.74. The van der Waals surface area contributed by atoms with Gasteiger partial charge in [0.2, 0.25) is 11.7 Å². The first-order valence-electron chi connectivity index (χ1n) is 9.64. The van der Waals surface area contributed by atoms with E-state index < -0.39 is 18.5 Å². The maximum atomic E-state index is 12.4. The quantitative estimate of drug-likeness (QED) is 0.645. The average Bonchev–Trinajstić information content (AvgIpc) is 3.22. The number of anilines is 2. The van der Waals surface area contributed by atoms with Crippen molar-refractivity contribution in [3.63, 3.8) is 0 Å². The molecule has 0 bridgehead atoms. The third-order valence-electron chi connectivity index (χ3n) is 4.75. The van der Waals surface area contributed by atoms with E-state index in [2.05, 4.69) is 5.32 Å².